The second-order valence-corrected chi connectivity index (χ2v) is 6.73. The third kappa shape index (κ3) is 6.04. The maximum Gasteiger partial charge on any atom is 0.261 e. The number of hydrogen-bond acceptors (Lipinski definition) is 4. The second kappa shape index (κ2) is 8.98. The van der Waals surface area contributed by atoms with Gasteiger partial charge in [0.1, 0.15) is 0 Å². The second-order valence-electron chi connectivity index (χ2n) is 5.78. The molecule has 0 aliphatic carbocycles. The number of anilines is 1. The minimum atomic E-state index is -0.262. The summed E-state index contributed by atoms with van der Waals surface area (Å²) in [4.78, 5) is 35.7. The minimum Gasteiger partial charge on any atom is -0.350 e. The highest BCUT2D eigenvalue weighted by atomic mass is 32.1. The lowest BCUT2D eigenvalue weighted by atomic mass is 10.1. The van der Waals surface area contributed by atoms with Gasteiger partial charge in [-0.05, 0) is 29.1 Å². The van der Waals surface area contributed by atoms with E-state index in [1.165, 1.54) is 11.3 Å². The lowest BCUT2D eigenvalue weighted by molar-refractivity contribution is -0.120. The quantitative estimate of drug-likeness (QED) is 0.709. The Hall–Kier alpha value is -2.67. The van der Waals surface area contributed by atoms with Crippen LogP contribution < -0.4 is 16.0 Å². The highest BCUT2D eigenvalue weighted by molar-refractivity contribution is 7.12. The Bertz CT molecular complexity index is 725. The van der Waals surface area contributed by atoms with Crippen LogP contribution in [0.25, 0.3) is 0 Å². The zero-order chi connectivity index (χ0) is 18.2. The molecule has 0 spiro atoms. The summed E-state index contributed by atoms with van der Waals surface area (Å²) in [5.74, 6) is -0.636. The molecule has 3 amide bonds. The van der Waals surface area contributed by atoms with Gasteiger partial charge in [0, 0.05) is 18.2 Å². The van der Waals surface area contributed by atoms with Crippen LogP contribution in [-0.4, -0.2) is 24.3 Å². The average molecular weight is 359 g/mol. The molecule has 2 aromatic rings. The standard InChI is InChI=1S/C18H21N3O3S/c1-12(2)17(23)21-14-7-5-13(6-8-14)10-19-16(22)11-20-18(24)15-4-3-9-25-15/h3-9,12H,10-11H2,1-2H3,(H,19,22)(H,20,24)(H,21,23). The van der Waals surface area contributed by atoms with E-state index in [0.29, 0.717) is 11.4 Å². The molecule has 0 aliphatic heterocycles. The van der Waals surface area contributed by atoms with Crippen LogP contribution in [0.4, 0.5) is 5.69 Å². The van der Waals surface area contributed by atoms with Gasteiger partial charge in [0.2, 0.25) is 11.8 Å². The van der Waals surface area contributed by atoms with Crippen molar-refractivity contribution in [2.45, 2.75) is 20.4 Å². The normalized spacial score (nSPS) is 10.4. The number of rotatable bonds is 7. The van der Waals surface area contributed by atoms with Crippen LogP contribution in [0.2, 0.25) is 0 Å². The number of thiophene rings is 1. The molecule has 0 saturated carbocycles. The predicted octanol–water partition coefficient (Wildman–Crippen LogP) is 2.39. The predicted molar refractivity (Wildman–Crippen MR) is 98.4 cm³/mol. The number of amides is 3. The zero-order valence-electron chi connectivity index (χ0n) is 14.2. The first-order chi connectivity index (χ1) is 12.0. The molecule has 1 aromatic carbocycles. The van der Waals surface area contributed by atoms with Gasteiger partial charge in [-0.3, -0.25) is 14.4 Å². The summed E-state index contributed by atoms with van der Waals surface area (Å²) >= 11 is 1.33. The van der Waals surface area contributed by atoms with Gasteiger partial charge in [0.15, 0.2) is 0 Å². The summed E-state index contributed by atoms with van der Waals surface area (Å²) in [6, 6.07) is 10.7. The monoisotopic (exact) mass is 359 g/mol. The van der Waals surface area contributed by atoms with E-state index >= 15 is 0 Å². The van der Waals surface area contributed by atoms with Gasteiger partial charge in [-0.25, -0.2) is 0 Å². The molecule has 0 unspecified atom stereocenters. The van der Waals surface area contributed by atoms with Crippen LogP contribution in [0.3, 0.4) is 0 Å². The lowest BCUT2D eigenvalue weighted by Gasteiger charge is -2.09. The van der Waals surface area contributed by atoms with Crippen molar-refractivity contribution in [2.24, 2.45) is 5.92 Å². The molecule has 132 valence electrons. The van der Waals surface area contributed by atoms with E-state index in [4.69, 9.17) is 0 Å². The Morgan fingerprint density at radius 3 is 2.36 bits per heavy atom. The molecule has 0 radical (unpaired) electrons. The van der Waals surface area contributed by atoms with E-state index in [1.807, 2.05) is 31.4 Å². The Morgan fingerprint density at radius 2 is 1.76 bits per heavy atom. The third-order valence-electron chi connectivity index (χ3n) is 3.39. The van der Waals surface area contributed by atoms with Crippen molar-refractivity contribution in [1.82, 2.24) is 10.6 Å². The molecule has 0 aliphatic rings. The van der Waals surface area contributed by atoms with Gasteiger partial charge >= 0.3 is 0 Å². The van der Waals surface area contributed by atoms with Gasteiger partial charge in [-0.2, -0.15) is 0 Å². The third-order valence-corrected chi connectivity index (χ3v) is 4.26. The fourth-order valence-corrected chi connectivity index (χ4v) is 2.55. The average Bonchev–Trinajstić information content (AvgIpc) is 3.13. The van der Waals surface area contributed by atoms with Crippen molar-refractivity contribution in [2.75, 3.05) is 11.9 Å². The molecular formula is C18H21N3O3S. The van der Waals surface area contributed by atoms with E-state index in [1.54, 1.807) is 24.3 Å². The molecule has 0 fully saturated rings. The smallest absolute Gasteiger partial charge is 0.261 e. The van der Waals surface area contributed by atoms with E-state index in [0.717, 1.165) is 11.3 Å². The van der Waals surface area contributed by atoms with Crippen LogP contribution in [0.1, 0.15) is 29.1 Å². The maximum atomic E-state index is 11.8. The molecular weight excluding hydrogens is 338 g/mol. The Kier molecular flexibility index (Phi) is 6.71. The van der Waals surface area contributed by atoms with Gasteiger partial charge in [-0.1, -0.05) is 32.0 Å². The molecule has 2 rings (SSSR count). The SMILES string of the molecule is CC(C)C(=O)Nc1ccc(CNC(=O)CNC(=O)c2cccs2)cc1. The molecule has 3 N–H and O–H groups in total. The first-order valence-electron chi connectivity index (χ1n) is 7.94. The van der Waals surface area contributed by atoms with Crippen molar-refractivity contribution < 1.29 is 14.4 Å². The number of nitrogens with one attached hydrogen (secondary N) is 3. The van der Waals surface area contributed by atoms with E-state index in [9.17, 15) is 14.4 Å². The highest BCUT2D eigenvalue weighted by Gasteiger charge is 2.09. The number of carbonyl (C=O) groups excluding carboxylic acids is 3. The summed E-state index contributed by atoms with van der Waals surface area (Å²) in [5, 5.41) is 9.93. The number of hydrogen-bond donors (Lipinski definition) is 3. The molecule has 0 saturated heterocycles. The van der Waals surface area contributed by atoms with Crippen molar-refractivity contribution >= 4 is 34.7 Å². The van der Waals surface area contributed by atoms with Gasteiger partial charge in [0.05, 0.1) is 11.4 Å². The number of carbonyl (C=O) groups is 3. The fourth-order valence-electron chi connectivity index (χ4n) is 1.91. The summed E-state index contributed by atoms with van der Waals surface area (Å²) < 4.78 is 0. The zero-order valence-corrected chi connectivity index (χ0v) is 15.0. The first-order valence-corrected chi connectivity index (χ1v) is 8.82. The highest BCUT2D eigenvalue weighted by Crippen LogP contribution is 2.11. The van der Waals surface area contributed by atoms with Crippen molar-refractivity contribution in [1.29, 1.82) is 0 Å². The van der Waals surface area contributed by atoms with E-state index in [-0.39, 0.29) is 30.2 Å². The summed E-state index contributed by atoms with van der Waals surface area (Å²) in [6.07, 6.45) is 0. The Morgan fingerprint density at radius 1 is 1.04 bits per heavy atom. The topological polar surface area (TPSA) is 87.3 Å². The van der Waals surface area contributed by atoms with Crippen LogP contribution in [-0.2, 0) is 16.1 Å². The maximum absolute atomic E-state index is 11.8. The largest absolute Gasteiger partial charge is 0.350 e. The molecule has 0 atom stereocenters. The van der Waals surface area contributed by atoms with Crippen molar-refractivity contribution in [3.63, 3.8) is 0 Å². The summed E-state index contributed by atoms with van der Waals surface area (Å²) in [6.45, 7) is 3.94. The summed E-state index contributed by atoms with van der Waals surface area (Å²) in [7, 11) is 0. The van der Waals surface area contributed by atoms with Crippen LogP contribution in [0.5, 0.6) is 0 Å². The molecule has 0 bridgehead atoms. The molecule has 1 heterocycles. The Labute approximate surface area is 150 Å². The number of benzene rings is 1. The van der Waals surface area contributed by atoms with Crippen molar-refractivity contribution in [3.8, 4) is 0 Å². The molecule has 6 nitrogen and oxygen atoms in total. The Balaban J connectivity index is 1.74. The van der Waals surface area contributed by atoms with Crippen LogP contribution in [0, 0.1) is 5.92 Å². The van der Waals surface area contributed by atoms with Crippen LogP contribution >= 0.6 is 11.3 Å². The molecule has 25 heavy (non-hydrogen) atoms. The molecule has 7 heteroatoms. The van der Waals surface area contributed by atoms with Gasteiger partial charge < -0.3 is 16.0 Å². The van der Waals surface area contributed by atoms with E-state index in [2.05, 4.69) is 16.0 Å². The summed E-state index contributed by atoms with van der Waals surface area (Å²) in [5.41, 5.74) is 1.62. The van der Waals surface area contributed by atoms with E-state index < -0.39 is 0 Å². The first kappa shape index (κ1) is 18.7. The van der Waals surface area contributed by atoms with Gasteiger partial charge in [0.25, 0.3) is 5.91 Å². The fraction of sp³-hybridized carbons (Fsp3) is 0.278. The minimum absolute atomic E-state index is 0.0393. The van der Waals surface area contributed by atoms with Crippen LogP contribution in [0.15, 0.2) is 41.8 Å². The van der Waals surface area contributed by atoms with Gasteiger partial charge in [-0.15, -0.1) is 11.3 Å². The van der Waals surface area contributed by atoms with Crippen molar-refractivity contribution in [3.05, 3.63) is 52.2 Å². The molecule has 1 aromatic heterocycles. The lowest BCUT2D eigenvalue weighted by Crippen LogP contribution is -2.36.